The number of amides is 2. The first-order chi connectivity index (χ1) is 16.4. The lowest BCUT2D eigenvalue weighted by atomic mass is 10.0. The summed E-state index contributed by atoms with van der Waals surface area (Å²) >= 11 is 6.16. The van der Waals surface area contributed by atoms with Gasteiger partial charge in [-0.1, -0.05) is 23.7 Å². The largest absolute Gasteiger partial charge is 0.456 e. The standard InChI is InChI=1S/C27H26ClN3O3/c1-17(25-21-16-20(28)8-9-22(21)29-26(25)32)23-10-11-24(34-23)18-4-6-19(7-5-18)27(33)31-13-3-12-30(2)14-15-31/h4-11,16H,3,12-15H2,1-2H3,(H,29,32). The Balaban J connectivity index is 1.37. The minimum atomic E-state index is -0.171. The lowest BCUT2D eigenvalue weighted by Crippen LogP contribution is -2.34. The number of anilines is 1. The zero-order valence-corrected chi connectivity index (χ0v) is 20.0. The molecule has 34 heavy (non-hydrogen) atoms. The lowest BCUT2D eigenvalue weighted by Gasteiger charge is -2.20. The Morgan fingerprint density at radius 2 is 1.79 bits per heavy atom. The molecule has 0 bridgehead atoms. The third-order valence-electron chi connectivity index (χ3n) is 6.50. The monoisotopic (exact) mass is 475 g/mol. The van der Waals surface area contributed by atoms with Crippen LogP contribution in [0.4, 0.5) is 5.69 Å². The van der Waals surface area contributed by atoms with Gasteiger partial charge in [0.2, 0.25) is 0 Å². The van der Waals surface area contributed by atoms with Gasteiger partial charge in [0.15, 0.2) is 0 Å². The van der Waals surface area contributed by atoms with Crippen molar-refractivity contribution in [3.8, 4) is 11.3 Å². The van der Waals surface area contributed by atoms with Crippen molar-refractivity contribution in [2.24, 2.45) is 0 Å². The van der Waals surface area contributed by atoms with Gasteiger partial charge in [-0.05, 0) is 69.4 Å². The van der Waals surface area contributed by atoms with Gasteiger partial charge in [-0.2, -0.15) is 0 Å². The van der Waals surface area contributed by atoms with E-state index in [9.17, 15) is 9.59 Å². The average Bonchev–Trinajstić information content (AvgIpc) is 3.38. The number of carbonyl (C=O) groups is 2. The van der Waals surface area contributed by atoms with E-state index >= 15 is 0 Å². The fourth-order valence-electron chi connectivity index (χ4n) is 4.54. The van der Waals surface area contributed by atoms with Crippen molar-refractivity contribution in [1.82, 2.24) is 9.80 Å². The Kier molecular flexibility index (Phi) is 6.02. The highest BCUT2D eigenvalue weighted by Gasteiger charge is 2.28. The fraction of sp³-hybridized carbons (Fsp3) is 0.259. The van der Waals surface area contributed by atoms with Gasteiger partial charge in [-0.3, -0.25) is 9.59 Å². The topological polar surface area (TPSA) is 65.8 Å². The summed E-state index contributed by atoms with van der Waals surface area (Å²) in [6.07, 6.45) is 0.985. The molecule has 2 aliphatic rings. The van der Waals surface area contributed by atoms with Gasteiger partial charge in [0.25, 0.3) is 11.8 Å². The molecule has 0 aliphatic carbocycles. The van der Waals surface area contributed by atoms with E-state index in [1.165, 1.54) is 0 Å². The maximum Gasteiger partial charge on any atom is 0.256 e. The van der Waals surface area contributed by atoms with Crippen molar-refractivity contribution in [3.63, 3.8) is 0 Å². The van der Waals surface area contributed by atoms with Crippen LogP contribution in [0.25, 0.3) is 22.5 Å². The molecule has 2 amide bonds. The number of carbonyl (C=O) groups excluding carboxylic acids is 2. The number of nitrogens with one attached hydrogen (secondary N) is 1. The Bertz CT molecular complexity index is 1290. The van der Waals surface area contributed by atoms with Crippen LogP contribution in [0.3, 0.4) is 0 Å². The van der Waals surface area contributed by atoms with Gasteiger partial charge < -0.3 is 19.5 Å². The first kappa shape index (κ1) is 22.4. The predicted octanol–water partition coefficient (Wildman–Crippen LogP) is 5.26. The number of rotatable bonds is 3. The molecule has 0 saturated carbocycles. The molecule has 1 saturated heterocycles. The third kappa shape index (κ3) is 4.27. The molecule has 174 valence electrons. The van der Waals surface area contributed by atoms with Gasteiger partial charge in [-0.15, -0.1) is 0 Å². The first-order valence-corrected chi connectivity index (χ1v) is 11.8. The fourth-order valence-corrected chi connectivity index (χ4v) is 4.71. The van der Waals surface area contributed by atoms with Crippen LogP contribution >= 0.6 is 11.6 Å². The van der Waals surface area contributed by atoms with Crippen molar-refractivity contribution in [2.75, 3.05) is 38.5 Å². The minimum Gasteiger partial charge on any atom is -0.456 e. The summed E-state index contributed by atoms with van der Waals surface area (Å²) in [7, 11) is 2.09. The van der Waals surface area contributed by atoms with Gasteiger partial charge in [0, 0.05) is 52.6 Å². The van der Waals surface area contributed by atoms with Crippen molar-refractivity contribution < 1.29 is 14.0 Å². The second kappa shape index (κ2) is 9.12. The van der Waals surface area contributed by atoms with E-state index in [1.807, 2.05) is 48.2 Å². The molecule has 2 aromatic carbocycles. The van der Waals surface area contributed by atoms with Crippen LogP contribution in [0.2, 0.25) is 5.02 Å². The highest BCUT2D eigenvalue weighted by atomic mass is 35.5. The second-order valence-corrected chi connectivity index (χ2v) is 9.27. The molecule has 6 nitrogen and oxygen atoms in total. The SMILES string of the molecule is CC(=C1C(=O)Nc2ccc(Cl)cc21)c1ccc(-c2ccc(C(=O)N3CCCN(C)CC3)cc2)o1. The van der Waals surface area contributed by atoms with Gasteiger partial charge in [-0.25, -0.2) is 0 Å². The summed E-state index contributed by atoms with van der Waals surface area (Å²) in [6.45, 7) is 5.30. The van der Waals surface area contributed by atoms with Gasteiger partial charge in [0.1, 0.15) is 11.5 Å². The number of benzene rings is 2. The van der Waals surface area contributed by atoms with E-state index in [0.29, 0.717) is 27.7 Å². The van der Waals surface area contributed by atoms with E-state index < -0.39 is 0 Å². The normalized spacial score (nSPS) is 17.9. The molecule has 5 rings (SSSR count). The molecular weight excluding hydrogens is 450 g/mol. The average molecular weight is 476 g/mol. The van der Waals surface area contributed by atoms with E-state index in [1.54, 1.807) is 18.2 Å². The highest BCUT2D eigenvalue weighted by molar-refractivity contribution is 6.38. The van der Waals surface area contributed by atoms with Crippen LogP contribution in [-0.4, -0.2) is 54.8 Å². The third-order valence-corrected chi connectivity index (χ3v) is 6.73. The number of hydrogen-bond acceptors (Lipinski definition) is 4. The summed E-state index contributed by atoms with van der Waals surface area (Å²) in [6, 6.07) is 16.6. The van der Waals surface area contributed by atoms with Gasteiger partial charge in [0.05, 0.1) is 5.57 Å². The van der Waals surface area contributed by atoms with Crippen LogP contribution in [-0.2, 0) is 4.79 Å². The maximum atomic E-state index is 12.9. The number of halogens is 1. The number of furan rings is 1. The van der Waals surface area contributed by atoms with Crippen molar-refractivity contribution in [1.29, 1.82) is 0 Å². The van der Waals surface area contributed by atoms with Crippen LogP contribution < -0.4 is 5.32 Å². The summed E-state index contributed by atoms with van der Waals surface area (Å²) < 4.78 is 6.11. The summed E-state index contributed by atoms with van der Waals surface area (Å²) in [5.41, 5.74) is 4.36. The minimum absolute atomic E-state index is 0.0622. The lowest BCUT2D eigenvalue weighted by molar-refractivity contribution is -0.110. The van der Waals surface area contributed by atoms with E-state index in [2.05, 4.69) is 17.3 Å². The maximum absolute atomic E-state index is 12.9. The zero-order chi connectivity index (χ0) is 23.8. The molecule has 1 N–H and O–H groups in total. The second-order valence-electron chi connectivity index (χ2n) is 8.83. The highest BCUT2D eigenvalue weighted by Crippen LogP contribution is 2.39. The number of likely N-dealkylation sites (N-methyl/N-ethyl adjacent to an activating group) is 1. The molecule has 3 aromatic rings. The van der Waals surface area contributed by atoms with Crippen molar-refractivity contribution in [2.45, 2.75) is 13.3 Å². The number of fused-ring (bicyclic) bond motifs is 1. The van der Waals surface area contributed by atoms with Crippen LogP contribution in [0.15, 0.2) is 59.0 Å². The van der Waals surface area contributed by atoms with Gasteiger partial charge >= 0.3 is 0 Å². The molecular formula is C27H26ClN3O3. The Labute approximate surface area is 203 Å². The summed E-state index contributed by atoms with van der Waals surface area (Å²) in [4.78, 5) is 29.7. The molecule has 0 radical (unpaired) electrons. The van der Waals surface area contributed by atoms with E-state index in [4.69, 9.17) is 16.0 Å². The molecule has 7 heteroatoms. The molecule has 1 aromatic heterocycles. The Hall–Kier alpha value is -3.35. The number of hydrogen-bond donors (Lipinski definition) is 1. The molecule has 1 fully saturated rings. The molecule has 3 heterocycles. The Morgan fingerprint density at radius 1 is 1.00 bits per heavy atom. The van der Waals surface area contributed by atoms with Crippen LogP contribution in [0.1, 0.15) is 35.0 Å². The van der Waals surface area contributed by atoms with E-state index in [-0.39, 0.29) is 11.8 Å². The van der Waals surface area contributed by atoms with Crippen molar-refractivity contribution >= 4 is 40.2 Å². The summed E-state index contributed by atoms with van der Waals surface area (Å²) in [5, 5.41) is 3.45. The predicted molar refractivity (Wildman–Crippen MR) is 135 cm³/mol. The van der Waals surface area contributed by atoms with Crippen LogP contribution in [0.5, 0.6) is 0 Å². The molecule has 0 atom stereocenters. The number of nitrogens with zero attached hydrogens (tertiary/aromatic N) is 2. The smallest absolute Gasteiger partial charge is 0.256 e. The quantitative estimate of drug-likeness (QED) is 0.525. The summed E-state index contributed by atoms with van der Waals surface area (Å²) in [5.74, 6) is 1.18. The molecule has 2 aliphatic heterocycles. The zero-order valence-electron chi connectivity index (χ0n) is 19.2. The van der Waals surface area contributed by atoms with Crippen molar-refractivity contribution in [3.05, 3.63) is 76.5 Å². The number of allylic oxidation sites excluding steroid dienone is 1. The molecule has 0 spiro atoms. The Morgan fingerprint density at radius 3 is 2.59 bits per heavy atom. The van der Waals surface area contributed by atoms with E-state index in [0.717, 1.165) is 55.0 Å². The van der Waals surface area contributed by atoms with Crippen LogP contribution in [0, 0.1) is 0 Å². The first-order valence-electron chi connectivity index (χ1n) is 11.4. The molecule has 0 unspecified atom stereocenters.